The van der Waals surface area contributed by atoms with Gasteiger partial charge in [-0.05, 0) is 36.6 Å². The van der Waals surface area contributed by atoms with Crippen LogP contribution in [0.5, 0.6) is 0 Å². The quantitative estimate of drug-likeness (QED) is 0.805. The molecule has 0 aliphatic rings. The van der Waals surface area contributed by atoms with Gasteiger partial charge in [-0.1, -0.05) is 30.9 Å². The number of benzene rings is 1. The third-order valence-corrected chi connectivity index (χ3v) is 2.93. The lowest BCUT2D eigenvalue weighted by Gasteiger charge is -2.23. The molecular weight excluding hydrogens is 208 g/mol. The Balaban J connectivity index is 3.26. The molecule has 0 heterocycles. The fraction of sp³-hybridized carbons (Fsp3) is 0.333. The van der Waals surface area contributed by atoms with Crippen molar-refractivity contribution < 1.29 is 0 Å². The molecule has 17 heavy (non-hydrogen) atoms. The Labute approximate surface area is 104 Å². The minimum Gasteiger partial charge on any atom is -0.377 e. The van der Waals surface area contributed by atoms with Gasteiger partial charge in [-0.15, -0.1) is 0 Å². The first kappa shape index (κ1) is 13.5. The second-order valence-corrected chi connectivity index (χ2v) is 4.43. The Morgan fingerprint density at radius 1 is 1.41 bits per heavy atom. The van der Waals surface area contributed by atoms with Crippen molar-refractivity contribution in [3.8, 4) is 0 Å². The third-order valence-electron chi connectivity index (χ3n) is 2.93. The summed E-state index contributed by atoms with van der Waals surface area (Å²) in [4.78, 5) is 2.10. The largest absolute Gasteiger partial charge is 0.377 e. The highest BCUT2D eigenvalue weighted by Gasteiger charge is 2.14. The average molecular weight is 230 g/mol. The van der Waals surface area contributed by atoms with E-state index in [1.807, 2.05) is 33.2 Å². The fourth-order valence-electron chi connectivity index (χ4n) is 1.91. The molecule has 0 radical (unpaired) electrons. The smallest absolute Gasteiger partial charge is 0.0568 e. The van der Waals surface area contributed by atoms with Crippen molar-refractivity contribution in [3.63, 3.8) is 0 Å². The number of aryl methyl sites for hydroxylation is 1. The Hall–Kier alpha value is -1.54. The van der Waals surface area contributed by atoms with E-state index >= 15 is 0 Å². The summed E-state index contributed by atoms with van der Waals surface area (Å²) >= 11 is 0. The van der Waals surface area contributed by atoms with Crippen molar-refractivity contribution >= 4 is 5.69 Å². The van der Waals surface area contributed by atoms with Crippen molar-refractivity contribution in [3.05, 3.63) is 53.6 Å². The number of anilines is 1. The van der Waals surface area contributed by atoms with E-state index in [0.717, 1.165) is 11.1 Å². The molecule has 2 nitrogen and oxygen atoms in total. The molecule has 0 saturated heterocycles. The van der Waals surface area contributed by atoms with Gasteiger partial charge in [0.05, 0.1) is 6.04 Å². The summed E-state index contributed by atoms with van der Waals surface area (Å²) in [5.41, 5.74) is 10.9. The van der Waals surface area contributed by atoms with Crippen LogP contribution in [0.15, 0.2) is 42.5 Å². The number of nitrogens with zero attached hydrogens (tertiary/aromatic N) is 1. The third kappa shape index (κ3) is 2.98. The molecule has 0 aromatic heterocycles. The van der Waals surface area contributed by atoms with Crippen LogP contribution in [0.25, 0.3) is 0 Å². The number of rotatable bonds is 4. The van der Waals surface area contributed by atoms with Gasteiger partial charge in [-0.2, -0.15) is 0 Å². The first-order valence-corrected chi connectivity index (χ1v) is 5.83. The van der Waals surface area contributed by atoms with Crippen LogP contribution < -0.4 is 10.6 Å². The molecule has 1 aromatic rings. The Bertz CT molecular complexity index is 431. The second kappa shape index (κ2) is 5.69. The van der Waals surface area contributed by atoms with E-state index in [4.69, 9.17) is 5.73 Å². The highest BCUT2D eigenvalue weighted by atomic mass is 15.1. The standard InChI is InChI=1S/C15H22N2/c1-6-12(7-2)15(16)13-9-8-11(3)10-14(13)17(4)5/h6-10,15H,1,16H2,2-5H3/b12-7+. The number of hydrogen-bond acceptors (Lipinski definition) is 2. The fourth-order valence-corrected chi connectivity index (χ4v) is 1.91. The van der Waals surface area contributed by atoms with Gasteiger partial charge < -0.3 is 10.6 Å². The summed E-state index contributed by atoms with van der Waals surface area (Å²) < 4.78 is 0. The molecule has 0 aliphatic heterocycles. The van der Waals surface area contributed by atoms with Crippen molar-refractivity contribution in [1.82, 2.24) is 0 Å². The lowest BCUT2D eigenvalue weighted by molar-refractivity contribution is 0.860. The molecule has 2 heteroatoms. The van der Waals surface area contributed by atoms with Crippen LogP contribution >= 0.6 is 0 Å². The minimum absolute atomic E-state index is 0.115. The topological polar surface area (TPSA) is 29.3 Å². The number of allylic oxidation sites excluding steroid dienone is 1. The molecule has 2 N–H and O–H groups in total. The van der Waals surface area contributed by atoms with E-state index in [9.17, 15) is 0 Å². The van der Waals surface area contributed by atoms with E-state index in [1.54, 1.807) is 0 Å². The summed E-state index contributed by atoms with van der Waals surface area (Å²) in [5, 5.41) is 0. The van der Waals surface area contributed by atoms with Crippen molar-refractivity contribution in [2.24, 2.45) is 5.73 Å². The molecule has 0 saturated carbocycles. The van der Waals surface area contributed by atoms with Crippen LogP contribution in [0.1, 0.15) is 24.1 Å². The molecule has 1 aromatic carbocycles. The summed E-state index contributed by atoms with van der Waals surface area (Å²) in [6.45, 7) is 7.88. The van der Waals surface area contributed by atoms with Gasteiger partial charge in [-0.3, -0.25) is 0 Å². The highest BCUT2D eigenvalue weighted by Crippen LogP contribution is 2.29. The van der Waals surface area contributed by atoms with Crippen molar-refractivity contribution in [2.75, 3.05) is 19.0 Å². The zero-order valence-corrected chi connectivity index (χ0v) is 11.2. The van der Waals surface area contributed by atoms with E-state index in [-0.39, 0.29) is 6.04 Å². The summed E-state index contributed by atoms with van der Waals surface area (Å²) in [6, 6.07) is 6.24. The van der Waals surface area contributed by atoms with Crippen LogP contribution in [0.2, 0.25) is 0 Å². The molecule has 0 aliphatic carbocycles. The zero-order valence-electron chi connectivity index (χ0n) is 11.2. The summed E-state index contributed by atoms with van der Waals surface area (Å²) in [5.74, 6) is 0. The highest BCUT2D eigenvalue weighted by molar-refractivity contribution is 5.58. The monoisotopic (exact) mass is 230 g/mol. The van der Waals surface area contributed by atoms with Gasteiger partial charge in [0.15, 0.2) is 0 Å². The molecule has 1 atom stereocenters. The van der Waals surface area contributed by atoms with Crippen LogP contribution in [-0.4, -0.2) is 14.1 Å². The van der Waals surface area contributed by atoms with Gasteiger partial charge in [-0.25, -0.2) is 0 Å². The van der Waals surface area contributed by atoms with Crippen molar-refractivity contribution in [1.29, 1.82) is 0 Å². The number of hydrogen-bond donors (Lipinski definition) is 1. The predicted molar refractivity (Wildman–Crippen MR) is 76.4 cm³/mol. The van der Waals surface area contributed by atoms with Crippen LogP contribution in [0.4, 0.5) is 5.69 Å². The van der Waals surface area contributed by atoms with E-state index in [0.29, 0.717) is 0 Å². The van der Waals surface area contributed by atoms with Crippen molar-refractivity contribution in [2.45, 2.75) is 19.9 Å². The normalized spacial score (nSPS) is 13.4. The molecule has 92 valence electrons. The molecule has 0 spiro atoms. The van der Waals surface area contributed by atoms with Gasteiger partial charge in [0.2, 0.25) is 0 Å². The molecule has 0 fully saturated rings. The predicted octanol–water partition coefficient (Wildman–Crippen LogP) is 3.19. The van der Waals surface area contributed by atoms with Crippen LogP contribution in [0, 0.1) is 6.92 Å². The SMILES string of the molecule is C=C/C(=C\C)C(N)c1ccc(C)cc1N(C)C. The number of nitrogens with two attached hydrogens (primary N) is 1. The second-order valence-electron chi connectivity index (χ2n) is 4.43. The van der Waals surface area contributed by atoms with Crippen LogP contribution in [-0.2, 0) is 0 Å². The minimum atomic E-state index is -0.115. The van der Waals surface area contributed by atoms with E-state index in [1.165, 1.54) is 11.3 Å². The van der Waals surface area contributed by atoms with E-state index in [2.05, 4.69) is 36.6 Å². The summed E-state index contributed by atoms with van der Waals surface area (Å²) in [6.07, 6.45) is 3.83. The molecular formula is C15H22N2. The zero-order chi connectivity index (χ0) is 13.0. The van der Waals surface area contributed by atoms with Gasteiger partial charge in [0.25, 0.3) is 0 Å². The van der Waals surface area contributed by atoms with Crippen LogP contribution in [0.3, 0.4) is 0 Å². The maximum atomic E-state index is 6.28. The average Bonchev–Trinajstić information content (AvgIpc) is 2.30. The van der Waals surface area contributed by atoms with Gasteiger partial charge >= 0.3 is 0 Å². The van der Waals surface area contributed by atoms with E-state index < -0.39 is 0 Å². The Morgan fingerprint density at radius 2 is 2.06 bits per heavy atom. The molecule has 1 unspecified atom stereocenters. The van der Waals surface area contributed by atoms with Gasteiger partial charge in [0.1, 0.15) is 0 Å². The first-order chi connectivity index (χ1) is 8.01. The van der Waals surface area contributed by atoms with Gasteiger partial charge in [0, 0.05) is 19.8 Å². The maximum absolute atomic E-state index is 6.28. The Kier molecular flexibility index (Phi) is 4.53. The lowest BCUT2D eigenvalue weighted by atomic mass is 9.96. The molecule has 0 amide bonds. The Morgan fingerprint density at radius 3 is 2.53 bits per heavy atom. The first-order valence-electron chi connectivity index (χ1n) is 5.83. The molecule has 0 bridgehead atoms. The maximum Gasteiger partial charge on any atom is 0.0568 e. The summed E-state index contributed by atoms with van der Waals surface area (Å²) in [7, 11) is 4.07. The molecule has 1 rings (SSSR count). The lowest BCUT2D eigenvalue weighted by Crippen LogP contribution is -2.18.